The van der Waals surface area contributed by atoms with Crippen molar-refractivity contribution in [3.63, 3.8) is 0 Å². The molecule has 160 valence electrons. The molecule has 2 aromatic carbocycles. The van der Waals surface area contributed by atoms with Crippen LogP contribution < -0.4 is 14.5 Å². The van der Waals surface area contributed by atoms with Gasteiger partial charge in [-0.2, -0.15) is 0 Å². The molecule has 2 heterocycles. The number of unbranched alkanes of at least 4 members (excludes halogenated alkanes) is 2. The number of aromatic nitrogens is 2. The minimum atomic E-state index is -1.06. The molecule has 0 fully saturated rings. The number of carboxylic acid groups (broad SMARTS) is 1. The number of benzene rings is 2. The minimum absolute atomic E-state index is 0.0489. The maximum Gasteiger partial charge on any atom is 0.386 e. The van der Waals surface area contributed by atoms with Crippen molar-refractivity contribution in [1.82, 2.24) is 4.57 Å². The molecule has 4 aromatic rings. The average Bonchev–Trinajstić information content (AvgIpc) is 3.34. The number of hydrogen-bond acceptors (Lipinski definition) is 5. The van der Waals surface area contributed by atoms with Crippen LogP contribution in [0.2, 0.25) is 0 Å². The highest BCUT2D eigenvalue weighted by Crippen LogP contribution is 2.27. The number of aliphatic carboxylic acids is 1. The number of fused-ring (bicyclic) bond motifs is 1. The number of thiazole rings is 2. The van der Waals surface area contributed by atoms with Crippen molar-refractivity contribution in [3.8, 4) is 11.3 Å². The van der Waals surface area contributed by atoms with Gasteiger partial charge in [0.25, 0.3) is 0 Å². The number of carboxylic acids is 1. The first-order valence-electron chi connectivity index (χ1n) is 10.6. The third-order valence-corrected chi connectivity index (χ3v) is 7.09. The zero-order valence-corrected chi connectivity index (χ0v) is 19.1. The fourth-order valence-corrected chi connectivity index (χ4v) is 5.65. The molecule has 0 atom stereocenters. The van der Waals surface area contributed by atoms with Gasteiger partial charge < -0.3 is 9.90 Å². The first-order valence-corrected chi connectivity index (χ1v) is 12.3. The van der Waals surface area contributed by atoms with Gasteiger partial charge in [-0.15, -0.1) is 0 Å². The molecular weight excluding hydrogens is 426 g/mol. The van der Waals surface area contributed by atoms with Crippen molar-refractivity contribution < 1.29 is 14.5 Å². The maximum atomic E-state index is 11.2. The van der Waals surface area contributed by atoms with Crippen LogP contribution in [0.25, 0.3) is 21.5 Å². The first kappa shape index (κ1) is 21.5. The molecule has 0 saturated heterocycles. The fourth-order valence-electron chi connectivity index (χ4n) is 3.60. The van der Waals surface area contributed by atoms with Gasteiger partial charge in [0.05, 0.1) is 16.9 Å². The lowest BCUT2D eigenvalue weighted by atomic mass is 10.2. The van der Waals surface area contributed by atoms with E-state index in [-0.39, 0.29) is 6.42 Å². The lowest BCUT2D eigenvalue weighted by Crippen LogP contribution is -2.33. The molecule has 0 radical (unpaired) electrons. The van der Waals surface area contributed by atoms with E-state index in [0.717, 1.165) is 34.2 Å². The third kappa shape index (κ3) is 4.94. The molecule has 5 nitrogen and oxygen atoms in total. The zero-order valence-electron chi connectivity index (χ0n) is 17.5. The summed E-state index contributed by atoms with van der Waals surface area (Å²) in [6.07, 6.45) is 3.41. The summed E-state index contributed by atoms with van der Waals surface area (Å²) in [5.74, 6) is -1.06. The van der Waals surface area contributed by atoms with E-state index in [2.05, 4.69) is 41.1 Å². The minimum Gasteiger partial charge on any atom is -0.550 e. The van der Waals surface area contributed by atoms with E-state index >= 15 is 0 Å². The second kappa shape index (κ2) is 10.0. The van der Waals surface area contributed by atoms with Gasteiger partial charge in [0.1, 0.15) is 5.52 Å². The summed E-state index contributed by atoms with van der Waals surface area (Å²) in [5.41, 5.74) is 3.22. The Labute approximate surface area is 189 Å². The Balaban J connectivity index is 1.83. The van der Waals surface area contributed by atoms with Crippen LogP contribution in [0.4, 0.5) is 5.13 Å². The molecule has 0 aliphatic rings. The summed E-state index contributed by atoms with van der Waals surface area (Å²) >= 11 is 3.22. The molecule has 0 N–H and O–H groups in total. The second-order valence-electron chi connectivity index (χ2n) is 7.37. The highest BCUT2D eigenvalue weighted by molar-refractivity contribution is 7.21. The van der Waals surface area contributed by atoms with Crippen LogP contribution in [0.3, 0.4) is 0 Å². The highest BCUT2D eigenvalue weighted by atomic mass is 32.1. The summed E-state index contributed by atoms with van der Waals surface area (Å²) in [6, 6.07) is 18.4. The van der Waals surface area contributed by atoms with Crippen molar-refractivity contribution in [2.24, 2.45) is 4.99 Å². The number of hydrogen-bond donors (Lipinski definition) is 0. The first-order chi connectivity index (χ1) is 15.2. The highest BCUT2D eigenvalue weighted by Gasteiger charge is 2.20. The molecule has 0 unspecified atom stereocenters. The smallest absolute Gasteiger partial charge is 0.386 e. The predicted octanol–water partition coefficient (Wildman–Crippen LogP) is 4.28. The van der Waals surface area contributed by atoms with Crippen LogP contribution in [0.1, 0.15) is 32.6 Å². The summed E-state index contributed by atoms with van der Waals surface area (Å²) in [6.45, 7) is 3.46. The fraction of sp³-hybridized carbons (Fsp3) is 0.292. The lowest BCUT2D eigenvalue weighted by molar-refractivity contribution is -0.655. The maximum absolute atomic E-state index is 11.2. The van der Waals surface area contributed by atoms with E-state index < -0.39 is 5.97 Å². The van der Waals surface area contributed by atoms with Crippen molar-refractivity contribution in [1.29, 1.82) is 0 Å². The monoisotopic (exact) mass is 451 g/mol. The van der Waals surface area contributed by atoms with Crippen LogP contribution in [0.15, 0.2) is 65.0 Å². The summed E-state index contributed by atoms with van der Waals surface area (Å²) in [5, 5.41) is 14.2. The molecular formula is C24H25N3O2S2. The van der Waals surface area contributed by atoms with Gasteiger partial charge in [0.2, 0.25) is 0 Å². The molecule has 0 saturated carbocycles. The largest absolute Gasteiger partial charge is 0.550 e. The van der Waals surface area contributed by atoms with Crippen molar-refractivity contribution in [2.45, 2.75) is 45.7 Å². The van der Waals surface area contributed by atoms with Crippen molar-refractivity contribution >= 4 is 44.0 Å². The van der Waals surface area contributed by atoms with Gasteiger partial charge in [0.15, 0.2) is 0 Å². The summed E-state index contributed by atoms with van der Waals surface area (Å²) in [7, 11) is 0. The number of carbonyl (C=O) groups is 1. The molecule has 0 aliphatic heterocycles. The van der Waals surface area contributed by atoms with E-state index in [9.17, 15) is 9.90 Å². The number of rotatable bonds is 9. The van der Waals surface area contributed by atoms with Crippen molar-refractivity contribution in [3.05, 3.63) is 64.8 Å². The number of aryl methyl sites for hydroxylation is 1. The molecule has 0 aliphatic carbocycles. The number of nitrogens with zero attached hydrogens (tertiary/aromatic N) is 3. The average molecular weight is 452 g/mol. The molecule has 0 bridgehead atoms. The van der Waals surface area contributed by atoms with E-state index in [1.54, 1.807) is 22.7 Å². The SMILES string of the molecule is CCCCC[n+]1c(/N=c2\scc(-c3ccccc3)n2CCC(=O)[O-])sc2ccccc21. The summed E-state index contributed by atoms with van der Waals surface area (Å²) < 4.78 is 5.50. The Morgan fingerprint density at radius 2 is 1.87 bits per heavy atom. The molecule has 2 aromatic heterocycles. The Morgan fingerprint density at radius 1 is 1.10 bits per heavy atom. The van der Waals surface area contributed by atoms with Crippen molar-refractivity contribution in [2.75, 3.05) is 0 Å². The number of para-hydroxylation sites is 1. The van der Waals surface area contributed by atoms with Crippen LogP contribution in [-0.2, 0) is 17.9 Å². The molecule has 4 rings (SSSR count). The van der Waals surface area contributed by atoms with Gasteiger partial charge in [-0.05, 0) is 41.9 Å². The van der Waals surface area contributed by atoms with E-state index in [4.69, 9.17) is 4.99 Å². The molecule has 0 amide bonds. The van der Waals surface area contributed by atoms with Crippen LogP contribution >= 0.6 is 22.7 Å². The topological polar surface area (TPSA) is 61.3 Å². The van der Waals surface area contributed by atoms with Gasteiger partial charge in [-0.1, -0.05) is 67.1 Å². The molecule has 0 spiro atoms. The van der Waals surface area contributed by atoms with Crippen LogP contribution in [0, 0.1) is 0 Å². The van der Waals surface area contributed by atoms with E-state index in [1.807, 2.05) is 34.9 Å². The Bertz CT molecular complexity index is 1240. The Kier molecular flexibility index (Phi) is 6.94. The third-order valence-electron chi connectivity index (χ3n) is 5.17. The molecule has 31 heavy (non-hydrogen) atoms. The quantitative estimate of drug-likeness (QED) is 0.282. The van der Waals surface area contributed by atoms with Crippen LogP contribution in [0.5, 0.6) is 0 Å². The standard InChI is InChI=1S/C24H25N3O2S2/c1-2-3-9-15-26-19-12-7-8-13-21(19)31-24(26)25-23-27(16-14-22(28)29)20(17-30-23)18-10-5-4-6-11-18/h4-8,10-13,17H,2-3,9,14-16H2,1H3. The van der Waals surface area contributed by atoms with Crippen LogP contribution in [-0.4, -0.2) is 10.5 Å². The van der Waals surface area contributed by atoms with E-state index in [1.165, 1.54) is 23.1 Å². The summed E-state index contributed by atoms with van der Waals surface area (Å²) in [4.78, 5) is 17.0. The second-order valence-corrected chi connectivity index (χ2v) is 9.21. The lowest BCUT2D eigenvalue weighted by Gasteiger charge is -2.08. The van der Waals surface area contributed by atoms with Gasteiger partial charge in [-0.25, -0.2) is 4.57 Å². The predicted molar refractivity (Wildman–Crippen MR) is 124 cm³/mol. The van der Waals surface area contributed by atoms with E-state index in [0.29, 0.717) is 6.54 Å². The normalized spacial score (nSPS) is 12.0. The Hall–Kier alpha value is -2.77. The van der Waals surface area contributed by atoms with Gasteiger partial charge >= 0.3 is 9.93 Å². The Morgan fingerprint density at radius 3 is 2.65 bits per heavy atom. The van der Waals surface area contributed by atoms with Gasteiger partial charge in [-0.3, -0.25) is 4.57 Å². The zero-order chi connectivity index (χ0) is 21.6. The number of carbonyl (C=O) groups excluding carboxylic acids is 1. The molecule has 7 heteroatoms. The van der Waals surface area contributed by atoms with Gasteiger partial charge in [0, 0.05) is 29.3 Å².